The monoisotopic (exact) mass is 281 g/mol. The minimum Gasteiger partial charge on any atom is -0.313 e. The number of hydrogen-bond acceptors (Lipinski definition) is 2. The van der Waals surface area contributed by atoms with Crippen LogP contribution in [0.2, 0.25) is 0 Å². The Kier molecular flexibility index (Phi) is 4.40. The second kappa shape index (κ2) is 5.11. The molecule has 1 nitrogen and oxygen atoms in total. The zero-order valence-corrected chi connectivity index (χ0v) is 9.54. The topological polar surface area (TPSA) is 12.0 Å². The molecule has 0 atom stereocenters. The van der Waals surface area contributed by atoms with Crippen molar-refractivity contribution in [3.63, 3.8) is 0 Å². The minimum atomic E-state index is 1.02. The summed E-state index contributed by atoms with van der Waals surface area (Å²) < 4.78 is 1.37. The molecule has 1 aromatic rings. The molecule has 1 aromatic heterocycles. The van der Waals surface area contributed by atoms with Crippen LogP contribution in [0.15, 0.2) is 11.4 Å². The summed E-state index contributed by atoms with van der Waals surface area (Å²) in [5, 5.41) is 5.58. The van der Waals surface area contributed by atoms with Crippen molar-refractivity contribution in [3.8, 4) is 0 Å². The summed E-state index contributed by atoms with van der Waals surface area (Å²) in [5.74, 6) is 0. The Labute approximate surface area is 85.3 Å². The summed E-state index contributed by atoms with van der Waals surface area (Å²) in [7, 11) is 0. The lowest BCUT2D eigenvalue weighted by Crippen LogP contribution is -2.12. The molecule has 0 aromatic carbocycles. The Bertz CT molecular complexity index is 210. The average molecular weight is 281 g/mol. The molecule has 1 N–H and O–H groups in total. The standard InChI is InChI=1S/C8H12INS/c1-2-3-10-5-7-4-8(9)11-6-7/h4,6,10H,2-3,5H2,1H3. The summed E-state index contributed by atoms with van der Waals surface area (Å²) >= 11 is 4.16. The lowest BCUT2D eigenvalue weighted by Gasteiger charge is -1.98. The number of thiophene rings is 1. The largest absolute Gasteiger partial charge is 0.313 e. The molecular weight excluding hydrogens is 269 g/mol. The molecule has 0 aliphatic carbocycles. The first kappa shape index (κ1) is 9.48. The van der Waals surface area contributed by atoms with Crippen molar-refractivity contribution >= 4 is 33.9 Å². The molecule has 0 unspecified atom stereocenters. The van der Waals surface area contributed by atoms with Gasteiger partial charge >= 0.3 is 0 Å². The Hall–Kier alpha value is 0.390. The first-order valence-electron chi connectivity index (χ1n) is 3.76. The molecule has 0 aliphatic rings. The van der Waals surface area contributed by atoms with E-state index in [9.17, 15) is 0 Å². The van der Waals surface area contributed by atoms with Crippen LogP contribution in [-0.2, 0) is 6.54 Å². The predicted molar refractivity (Wildman–Crippen MR) is 59.0 cm³/mol. The van der Waals surface area contributed by atoms with Gasteiger partial charge in [-0.15, -0.1) is 11.3 Å². The van der Waals surface area contributed by atoms with Crippen molar-refractivity contribution in [2.45, 2.75) is 19.9 Å². The Morgan fingerprint density at radius 3 is 3.00 bits per heavy atom. The molecule has 1 rings (SSSR count). The molecular formula is C8H12INS. The van der Waals surface area contributed by atoms with Gasteiger partial charge in [-0.3, -0.25) is 0 Å². The number of halogens is 1. The third-order valence-electron chi connectivity index (χ3n) is 1.38. The molecule has 0 radical (unpaired) electrons. The van der Waals surface area contributed by atoms with E-state index in [-0.39, 0.29) is 0 Å². The molecule has 1 heterocycles. The minimum absolute atomic E-state index is 1.02. The van der Waals surface area contributed by atoms with E-state index in [1.165, 1.54) is 14.9 Å². The number of rotatable bonds is 4. The fourth-order valence-electron chi connectivity index (χ4n) is 0.848. The maximum absolute atomic E-state index is 3.37. The molecule has 0 spiro atoms. The molecule has 0 bridgehead atoms. The van der Waals surface area contributed by atoms with E-state index in [0.717, 1.165) is 13.1 Å². The highest BCUT2D eigenvalue weighted by Gasteiger charge is 1.94. The summed E-state index contributed by atoms with van der Waals surface area (Å²) in [6.45, 7) is 4.32. The smallest absolute Gasteiger partial charge is 0.0656 e. The van der Waals surface area contributed by atoms with Gasteiger partial charge in [-0.25, -0.2) is 0 Å². The molecule has 0 fully saturated rings. The van der Waals surface area contributed by atoms with E-state index in [1.54, 1.807) is 0 Å². The fraction of sp³-hybridized carbons (Fsp3) is 0.500. The second-order valence-corrected chi connectivity index (χ2v) is 5.24. The van der Waals surface area contributed by atoms with E-state index >= 15 is 0 Å². The van der Waals surface area contributed by atoms with Crippen molar-refractivity contribution in [1.29, 1.82) is 0 Å². The van der Waals surface area contributed by atoms with Gasteiger partial charge in [0.15, 0.2) is 0 Å². The molecule has 3 heteroatoms. The van der Waals surface area contributed by atoms with E-state index < -0.39 is 0 Å². The van der Waals surface area contributed by atoms with Gasteiger partial charge in [-0.2, -0.15) is 0 Å². The van der Waals surface area contributed by atoms with Crippen molar-refractivity contribution < 1.29 is 0 Å². The molecule has 0 amide bonds. The van der Waals surface area contributed by atoms with Gasteiger partial charge < -0.3 is 5.32 Å². The Balaban J connectivity index is 2.27. The summed E-state index contributed by atoms with van der Waals surface area (Å²) in [5.41, 5.74) is 1.41. The van der Waals surface area contributed by atoms with Crippen LogP contribution in [0, 0.1) is 2.88 Å². The second-order valence-electron chi connectivity index (χ2n) is 2.44. The molecule has 0 aliphatic heterocycles. The zero-order chi connectivity index (χ0) is 8.10. The van der Waals surface area contributed by atoms with Crippen molar-refractivity contribution in [3.05, 3.63) is 19.9 Å². The van der Waals surface area contributed by atoms with Crippen LogP contribution in [0.1, 0.15) is 18.9 Å². The van der Waals surface area contributed by atoms with E-state index in [4.69, 9.17) is 0 Å². The fourth-order valence-corrected chi connectivity index (χ4v) is 2.26. The van der Waals surface area contributed by atoms with Gasteiger partial charge in [-0.1, -0.05) is 6.92 Å². The van der Waals surface area contributed by atoms with Crippen LogP contribution in [0.4, 0.5) is 0 Å². The van der Waals surface area contributed by atoms with Gasteiger partial charge in [0.25, 0.3) is 0 Å². The van der Waals surface area contributed by atoms with Crippen molar-refractivity contribution in [2.24, 2.45) is 0 Å². The third-order valence-corrected chi connectivity index (χ3v) is 3.22. The SMILES string of the molecule is CCCNCc1csc(I)c1. The quantitative estimate of drug-likeness (QED) is 0.661. The maximum Gasteiger partial charge on any atom is 0.0656 e. The van der Waals surface area contributed by atoms with Gasteiger partial charge in [0.1, 0.15) is 0 Å². The van der Waals surface area contributed by atoms with Gasteiger partial charge in [0.05, 0.1) is 2.88 Å². The molecule has 0 saturated heterocycles. The van der Waals surface area contributed by atoms with Crippen LogP contribution in [0.5, 0.6) is 0 Å². The van der Waals surface area contributed by atoms with Crippen LogP contribution >= 0.6 is 33.9 Å². The molecule has 0 saturated carbocycles. The van der Waals surface area contributed by atoms with E-state index in [2.05, 4.69) is 46.3 Å². The Morgan fingerprint density at radius 1 is 1.64 bits per heavy atom. The average Bonchev–Trinajstić information content (AvgIpc) is 2.37. The third kappa shape index (κ3) is 3.53. The summed E-state index contributed by atoms with van der Waals surface area (Å²) in [6.07, 6.45) is 1.21. The van der Waals surface area contributed by atoms with Crippen LogP contribution in [0.3, 0.4) is 0 Å². The molecule has 11 heavy (non-hydrogen) atoms. The number of hydrogen-bond donors (Lipinski definition) is 1. The van der Waals surface area contributed by atoms with Crippen molar-refractivity contribution in [1.82, 2.24) is 5.32 Å². The summed E-state index contributed by atoms with van der Waals surface area (Å²) in [6, 6.07) is 2.23. The first-order valence-corrected chi connectivity index (χ1v) is 5.72. The van der Waals surface area contributed by atoms with Gasteiger partial charge in [0.2, 0.25) is 0 Å². The summed E-state index contributed by atoms with van der Waals surface area (Å²) in [4.78, 5) is 0. The van der Waals surface area contributed by atoms with Crippen LogP contribution < -0.4 is 5.32 Å². The van der Waals surface area contributed by atoms with Gasteiger partial charge in [-0.05, 0) is 52.6 Å². The van der Waals surface area contributed by atoms with Crippen LogP contribution in [0.25, 0.3) is 0 Å². The maximum atomic E-state index is 3.37. The highest BCUT2D eigenvalue weighted by atomic mass is 127. The highest BCUT2D eigenvalue weighted by Crippen LogP contribution is 2.15. The number of nitrogens with one attached hydrogen (secondary N) is 1. The van der Waals surface area contributed by atoms with Crippen LogP contribution in [-0.4, -0.2) is 6.54 Å². The van der Waals surface area contributed by atoms with E-state index in [1.807, 2.05) is 11.3 Å². The first-order chi connectivity index (χ1) is 5.33. The molecule has 62 valence electrons. The lowest BCUT2D eigenvalue weighted by molar-refractivity contribution is 0.676. The lowest BCUT2D eigenvalue weighted by atomic mass is 10.3. The zero-order valence-electron chi connectivity index (χ0n) is 6.56. The van der Waals surface area contributed by atoms with Gasteiger partial charge in [0, 0.05) is 6.54 Å². The van der Waals surface area contributed by atoms with Crippen molar-refractivity contribution in [2.75, 3.05) is 6.54 Å². The normalized spacial score (nSPS) is 10.4. The van der Waals surface area contributed by atoms with E-state index in [0.29, 0.717) is 0 Å². The Morgan fingerprint density at radius 2 is 2.45 bits per heavy atom. The highest BCUT2D eigenvalue weighted by molar-refractivity contribution is 14.1. The predicted octanol–water partition coefficient (Wildman–Crippen LogP) is 2.85.